The topological polar surface area (TPSA) is 86.7 Å². The number of pyridine rings is 1. The number of aromatic nitrogens is 4. The fraction of sp³-hybridized carbons (Fsp3) is 0.143. The molecule has 0 saturated carbocycles. The second-order valence-electron chi connectivity index (χ2n) is 4.44. The van der Waals surface area contributed by atoms with Crippen LogP contribution in [0.1, 0.15) is 16.1 Å². The van der Waals surface area contributed by atoms with Crippen molar-refractivity contribution in [2.24, 2.45) is 5.73 Å². The molecular weight excluding hydrogens is 254 g/mol. The van der Waals surface area contributed by atoms with Crippen LogP contribution < -0.4 is 5.73 Å². The highest BCUT2D eigenvalue weighted by molar-refractivity contribution is 6.07. The largest absolute Gasteiger partial charge is 0.325 e. The lowest BCUT2D eigenvalue weighted by molar-refractivity contribution is 0.0968. The fourth-order valence-corrected chi connectivity index (χ4v) is 2.10. The average Bonchev–Trinajstić information content (AvgIpc) is 2.94. The van der Waals surface area contributed by atoms with Crippen LogP contribution in [-0.4, -0.2) is 25.8 Å². The number of carbonyl (C=O) groups is 1. The molecule has 0 aliphatic carbocycles. The molecule has 2 N–H and O–H groups in total. The third-order valence-corrected chi connectivity index (χ3v) is 3.08. The maximum absolute atomic E-state index is 12.4. The van der Waals surface area contributed by atoms with Crippen molar-refractivity contribution in [3.8, 4) is 0 Å². The minimum atomic E-state index is -0.0305. The summed E-state index contributed by atoms with van der Waals surface area (Å²) in [5.74, 6) is -0.0305. The number of Topliss-reactive ketones (excluding diaryl/α,β-unsaturated/α-hetero) is 1. The number of fused-ring (bicyclic) bond motifs is 1. The van der Waals surface area contributed by atoms with E-state index in [0.717, 1.165) is 10.8 Å². The Labute approximate surface area is 115 Å². The molecule has 6 heteroatoms. The Balaban J connectivity index is 1.92. The van der Waals surface area contributed by atoms with Crippen LogP contribution in [0.4, 0.5) is 0 Å². The van der Waals surface area contributed by atoms with Crippen molar-refractivity contribution >= 4 is 16.6 Å². The molecule has 3 rings (SSSR count). The van der Waals surface area contributed by atoms with Crippen LogP contribution >= 0.6 is 0 Å². The van der Waals surface area contributed by atoms with Gasteiger partial charge in [-0.2, -0.15) is 0 Å². The first kappa shape index (κ1) is 12.4. The minimum absolute atomic E-state index is 0.0305. The zero-order valence-electron chi connectivity index (χ0n) is 10.7. The molecular formula is C14H13N5O. The van der Waals surface area contributed by atoms with Crippen LogP contribution in [0.15, 0.2) is 42.9 Å². The van der Waals surface area contributed by atoms with Gasteiger partial charge >= 0.3 is 0 Å². The van der Waals surface area contributed by atoms with Gasteiger partial charge in [-0.15, -0.1) is 5.10 Å². The van der Waals surface area contributed by atoms with Crippen molar-refractivity contribution in [1.29, 1.82) is 0 Å². The highest BCUT2D eigenvalue weighted by atomic mass is 16.1. The highest BCUT2D eigenvalue weighted by Crippen LogP contribution is 2.18. The molecule has 100 valence electrons. The Hall–Kier alpha value is -2.60. The van der Waals surface area contributed by atoms with Crippen LogP contribution in [0.5, 0.6) is 0 Å². The number of ketones is 1. The van der Waals surface area contributed by atoms with Gasteiger partial charge in [0.15, 0.2) is 5.78 Å². The summed E-state index contributed by atoms with van der Waals surface area (Å²) < 4.78 is 1.50. The van der Waals surface area contributed by atoms with E-state index in [9.17, 15) is 4.79 Å². The summed E-state index contributed by atoms with van der Waals surface area (Å²) in [6.07, 6.45) is 5.10. The van der Waals surface area contributed by atoms with E-state index >= 15 is 0 Å². The van der Waals surface area contributed by atoms with Gasteiger partial charge in [0.1, 0.15) is 6.54 Å². The van der Waals surface area contributed by atoms with Gasteiger partial charge in [-0.05, 0) is 11.5 Å². The summed E-state index contributed by atoms with van der Waals surface area (Å²) in [6.45, 7) is 0.452. The summed E-state index contributed by atoms with van der Waals surface area (Å²) in [6, 6.07) is 7.50. The van der Waals surface area contributed by atoms with Crippen molar-refractivity contribution in [2.45, 2.75) is 13.1 Å². The van der Waals surface area contributed by atoms with Crippen LogP contribution in [0.25, 0.3) is 10.8 Å². The zero-order chi connectivity index (χ0) is 13.9. The van der Waals surface area contributed by atoms with Gasteiger partial charge in [-0.1, -0.05) is 23.4 Å². The molecule has 0 aliphatic heterocycles. The highest BCUT2D eigenvalue weighted by Gasteiger charge is 2.11. The lowest BCUT2D eigenvalue weighted by Gasteiger charge is -2.05. The normalized spacial score (nSPS) is 10.8. The first-order valence-corrected chi connectivity index (χ1v) is 6.23. The summed E-state index contributed by atoms with van der Waals surface area (Å²) in [7, 11) is 0. The quantitative estimate of drug-likeness (QED) is 0.717. The number of benzene rings is 1. The van der Waals surface area contributed by atoms with Gasteiger partial charge in [-0.25, -0.2) is 4.68 Å². The predicted octanol–water partition coefficient (Wildman–Crippen LogP) is 1.17. The minimum Gasteiger partial charge on any atom is -0.325 e. The molecule has 1 aromatic carbocycles. The Morgan fingerprint density at radius 2 is 2.20 bits per heavy atom. The molecule has 6 nitrogen and oxygen atoms in total. The van der Waals surface area contributed by atoms with E-state index in [1.165, 1.54) is 4.68 Å². The molecule has 0 fully saturated rings. The lowest BCUT2D eigenvalue weighted by atomic mass is 10.0. The maximum atomic E-state index is 12.4. The maximum Gasteiger partial charge on any atom is 0.185 e. The number of nitrogens with zero attached hydrogens (tertiary/aromatic N) is 4. The number of hydrogen-bond donors (Lipinski definition) is 1. The Morgan fingerprint density at radius 1 is 1.30 bits per heavy atom. The molecule has 0 aliphatic rings. The number of carbonyl (C=O) groups excluding carboxylic acids is 1. The summed E-state index contributed by atoms with van der Waals surface area (Å²) in [5, 5.41) is 9.59. The van der Waals surface area contributed by atoms with Crippen LogP contribution in [0.2, 0.25) is 0 Å². The number of rotatable bonds is 4. The summed E-state index contributed by atoms with van der Waals surface area (Å²) in [4.78, 5) is 16.5. The van der Waals surface area contributed by atoms with E-state index in [1.54, 1.807) is 24.7 Å². The second-order valence-corrected chi connectivity index (χ2v) is 4.44. The second kappa shape index (κ2) is 5.18. The standard InChI is InChI=1S/C14H13N5O/c15-6-11-8-19(18-17-11)9-14(20)12-3-1-2-10-4-5-16-7-13(10)12/h1-5,7-8H,6,9,15H2. The fourth-order valence-electron chi connectivity index (χ4n) is 2.10. The van der Waals surface area contributed by atoms with Crippen LogP contribution in [0.3, 0.4) is 0 Å². The molecule has 0 saturated heterocycles. The number of hydrogen-bond acceptors (Lipinski definition) is 5. The van der Waals surface area contributed by atoms with Crippen molar-refractivity contribution in [3.63, 3.8) is 0 Å². The van der Waals surface area contributed by atoms with Crippen molar-refractivity contribution < 1.29 is 4.79 Å². The molecule has 0 unspecified atom stereocenters. The van der Waals surface area contributed by atoms with Gasteiger partial charge < -0.3 is 5.73 Å². The Kier molecular flexibility index (Phi) is 3.22. The SMILES string of the molecule is NCc1cn(CC(=O)c2cccc3ccncc23)nn1. The molecule has 0 amide bonds. The summed E-state index contributed by atoms with van der Waals surface area (Å²) >= 11 is 0. The third kappa shape index (κ3) is 2.28. The van der Waals surface area contributed by atoms with E-state index in [1.807, 2.05) is 18.2 Å². The molecule has 3 aromatic rings. The van der Waals surface area contributed by atoms with Crippen LogP contribution in [-0.2, 0) is 13.1 Å². The molecule has 0 spiro atoms. The predicted molar refractivity (Wildman–Crippen MR) is 74.0 cm³/mol. The van der Waals surface area contributed by atoms with Gasteiger partial charge in [-0.3, -0.25) is 9.78 Å². The van der Waals surface area contributed by atoms with Crippen molar-refractivity contribution in [1.82, 2.24) is 20.0 Å². The van der Waals surface area contributed by atoms with Gasteiger partial charge in [0.25, 0.3) is 0 Å². The molecule has 0 atom stereocenters. The van der Waals surface area contributed by atoms with E-state index in [-0.39, 0.29) is 12.3 Å². The van der Waals surface area contributed by atoms with Gasteiger partial charge in [0.2, 0.25) is 0 Å². The first-order valence-electron chi connectivity index (χ1n) is 6.23. The Bertz CT molecular complexity index is 760. The van der Waals surface area contributed by atoms with Crippen molar-refractivity contribution in [2.75, 3.05) is 0 Å². The zero-order valence-corrected chi connectivity index (χ0v) is 10.7. The summed E-state index contributed by atoms with van der Waals surface area (Å²) in [5.41, 5.74) is 6.77. The van der Waals surface area contributed by atoms with E-state index in [4.69, 9.17) is 5.73 Å². The van der Waals surface area contributed by atoms with Gasteiger partial charge in [0, 0.05) is 29.9 Å². The molecule has 0 radical (unpaired) electrons. The van der Waals surface area contributed by atoms with Crippen molar-refractivity contribution in [3.05, 3.63) is 54.1 Å². The first-order chi connectivity index (χ1) is 9.78. The molecule has 2 heterocycles. The van der Waals surface area contributed by atoms with Crippen LogP contribution in [0, 0.1) is 0 Å². The Morgan fingerprint density at radius 3 is 3.00 bits per heavy atom. The average molecular weight is 267 g/mol. The van der Waals surface area contributed by atoms with Gasteiger partial charge in [0.05, 0.1) is 11.9 Å². The third-order valence-electron chi connectivity index (χ3n) is 3.08. The molecule has 2 aromatic heterocycles. The monoisotopic (exact) mass is 267 g/mol. The molecule has 20 heavy (non-hydrogen) atoms. The number of nitrogens with two attached hydrogens (primary N) is 1. The van der Waals surface area contributed by atoms with E-state index < -0.39 is 0 Å². The van der Waals surface area contributed by atoms with E-state index in [0.29, 0.717) is 17.8 Å². The smallest absolute Gasteiger partial charge is 0.185 e. The van der Waals surface area contributed by atoms with E-state index in [2.05, 4.69) is 15.3 Å². The molecule has 0 bridgehead atoms. The lowest BCUT2D eigenvalue weighted by Crippen LogP contribution is -2.11.